The van der Waals surface area contributed by atoms with Crippen LogP contribution in [0, 0.1) is 0 Å². The van der Waals surface area contributed by atoms with Gasteiger partial charge in [-0.15, -0.1) is 0 Å². The minimum Gasteiger partial charge on any atom is -0.263 e. The maximum absolute atomic E-state index is 12.4. The first-order chi connectivity index (χ1) is 10.0. The highest BCUT2D eigenvalue weighted by Crippen LogP contribution is 2.25. The topological polar surface area (TPSA) is 59.1 Å². The van der Waals surface area contributed by atoms with Gasteiger partial charge in [-0.3, -0.25) is 4.72 Å². The fourth-order valence-corrected chi connectivity index (χ4v) is 3.92. The zero-order valence-corrected chi connectivity index (χ0v) is 13.7. The standard InChI is InChI=1S/C15H15BrN2O2S/c16-13-7-8-17-15(10-13)18-21(19,20)14-6-5-11-3-1-2-4-12(11)9-14/h5-10H,1-4H2,(H,17,18). The van der Waals surface area contributed by atoms with E-state index in [0.29, 0.717) is 10.7 Å². The van der Waals surface area contributed by atoms with Crippen LogP contribution in [-0.2, 0) is 22.9 Å². The third kappa shape index (κ3) is 3.27. The average molecular weight is 367 g/mol. The highest BCUT2D eigenvalue weighted by Gasteiger charge is 2.18. The maximum Gasteiger partial charge on any atom is 0.263 e. The molecule has 0 atom stereocenters. The largest absolute Gasteiger partial charge is 0.263 e. The number of aryl methyl sites for hydroxylation is 2. The van der Waals surface area contributed by atoms with E-state index in [2.05, 4.69) is 25.6 Å². The lowest BCUT2D eigenvalue weighted by Gasteiger charge is -2.16. The molecule has 2 aromatic rings. The Morgan fingerprint density at radius 3 is 2.57 bits per heavy atom. The van der Waals surface area contributed by atoms with Gasteiger partial charge in [0.2, 0.25) is 0 Å². The first kappa shape index (κ1) is 14.5. The van der Waals surface area contributed by atoms with Crippen molar-refractivity contribution in [2.45, 2.75) is 30.6 Å². The van der Waals surface area contributed by atoms with E-state index < -0.39 is 10.0 Å². The van der Waals surface area contributed by atoms with Crippen LogP contribution in [0.5, 0.6) is 0 Å². The molecule has 0 fully saturated rings. The summed E-state index contributed by atoms with van der Waals surface area (Å²) in [4.78, 5) is 4.31. The quantitative estimate of drug-likeness (QED) is 0.903. The normalized spacial score (nSPS) is 14.5. The number of hydrogen-bond acceptors (Lipinski definition) is 3. The van der Waals surface area contributed by atoms with Gasteiger partial charge in [-0.05, 0) is 61.1 Å². The van der Waals surface area contributed by atoms with E-state index in [1.54, 1.807) is 30.5 Å². The monoisotopic (exact) mass is 366 g/mol. The van der Waals surface area contributed by atoms with E-state index in [0.717, 1.165) is 29.3 Å². The number of anilines is 1. The Labute approximate surface area is 132 Å². The van der Waals surface area contributed by atoms with E-state index in [1.807, 2.05) is 6.07 Å². The first-order valence-corrected chi connectivity index (χ1v) is 9.08. The molecule has 1 aromatic carbocycles. The average Bonchev–Trinajstić information content (AvgIpc) is 2.46. The second kappa shape index (κ2) is 5.77. The lowest BCUT2D eigenvalue weighted by Crippen LogP contribution is -2.15. The zero-order chi connectivity index (χ0) is 14.9. The summed E-state index contributed by atoms with van der Waals surface area (Å²) in [6.07, 6.45) is 5.84. The van der Waals surface area contributed by atoms with Gasteiger partial charge in [-0.1, -0.05) is 22.0 Å². The van der Waals surface area contributed by atoms with E-state index in [9.17, 15) is 8.42 Å². The van der Waals surface area contributed by atoms with Gasteiger partial charge in [0, 0.05) is 10.7 Å². The molecular formula is C15H15BrN2O2S. The van der Waals surface area contributed by atoms with Crippen molar-refractivity contribution in [2.75, 3.05) is 4.72 Å². The number of rotatable bonds is 3. The van der Waals surface area contributed by atoms with Gasteiger partial charge in [0.15, 0.2) is 0 Å². The Kier molecular flexibility index (Phi) is 3.99. The Morgan fingerprint density at radius 1 is 1.05 bits per heavy atom. The molecule has 0 spiro atoms. The lowest BCUT2D eigenvalue weighted by atomic mass is 9.92. The van der Waals surface area contributed by atoms with Crippen LogP contribution in [0.25, 0.3) is 0 Å². The van der Waals surface area contributed by atoms with Crippen LogP contribution in [0.3, 0.4) is 0 Å². The Balaban J connectivity index is 1.91. The molecule has 0 saturated heterocycles. The molecule has 1 aliphatic carbocycles. The number of benzene rings is 1. The first-order valence-electron chi connectivity index (χ1n) is 6.81. The molecule has 0 aliphatic heterocycles. The van der Waals surface area contributed by atoms with Gasteiger partial charge in [0.25, 0.3) is 10.0 Å². The van der Waals surface area contributed by atoms with Crippen LogP contribution in [-0.4, -0.2) is 13.4 Å². The van der Waals surface area contributed by atoms with Gasteiger partial charge >= 0.3 is 0 Å². The maximum atomic E-state index is 12.4. The van der Waals surface area contributed by atoms with Crippen molar-refractivity contribution >= 4 is 31.8 Å². The molecule has 0 unspecified atom stereocenters. The number of nitrogens with zero attached hydrogens (tertiary/aromatic N) is 1. The third-order valence-electron chi connectivity index (χ3n) is 3.59. The predicted octanol–water partition coefficient (Wildman–Crippen LogP) is 3.52. The van der Waals surface area contributed by atoms with Crippen LogP contribution < -0.4 is 4.72 Å². The SMILES string of the molecule is O=S(=O)(Nc1cc(Br)ccn1)c1ccc2c(c1)CCCC2. The van der Waals surface area contributed by atoms with Gasteiger partial charge in [-0.2, -0.15) is 0 Å². The van der Waals surface area contributed by atoms with Gasteiger partial charge < -0.3 is 0 Å². The number of aromatic nitrogens is 1. The van der Waals surface area contributed by atoms with Crippen molar-refractivity contribution in [3.8, 4) is 0 Å². The molecule has 3 rings (SSSR count). The van der Waals surface area contributed by atoms with E-state index in [1.165, 1.54) is 12.0 Å². The summed E-state index contributed by atoms with van der Waals surface area (Å²) in [5.41, 5.74) is 2.41. The zero-order valence-electron chi connectivity index (χ0n) is 11.3. The lowest BCUT2D eigenvalue weighted by molar-refractivity contribution is 0.600. The van der Waals surface area contributed by atoms with Crippen LogP contribution >= 0.6 is 15.9 Å². The molecule has 6 heteroatoms. The summed E-state index contributed by atoms with van der Waals surface area (Å²) in [6.45, 7) is 0. The van der Waals surface area contributed by atoms with Crippen molar-refractivity contribution in [1.29, 1.82) is 0 Å². The Hall–Kier alpha value is -1.40. The van der Waals surface area contributed by atoms with Gasteiger partial charge in [0.05, 0.1) is 4.90 Å². The van der Waals surface area contributed by atoms with Crippen molar-refractivity contribution in [2.24, 2.45) is 0 Å². The summed E-state index contributed by atoms with van der Waals surface area (Å²) in [5, 5.41) is 0. The highest BCUT2D eigenvalue weighted by molar-refractivity contribution is 9.10. The predicted molar refractivity (Wildman–Crippen MR) is 85.8 cm³/mol. The van der Waals surface area contributed by atoms with E-state index in [4.69, 9.17) is 0 Å². The number of nitrogens with one attached hydrogen (secondary N) is 1. The molecule has 1 aliphatic rings. The second-order valence-corrected chi connectivity index (χ2v) is 7.70. The van der Waals surface area contributed by atoms with E-state index >= 15 is 0 Å². The fourth-order valence-electron chi connectivity index (χ4n) is 2.53. The van der Waals surface area contributed by atoms with Crippen molar-refractivity contribution in [1.82, 2.24) is 4.98 Å². The number of pyridine rings is 1. The highest BCUT2D eigenvalue weighted by atomic mass is 79.9. The van der Waals surface area contributed by atoms with E-state index in [-0.39, 0.29) is 0 Å². The van der Waals surface area contributed by atoms with Crippen LogP contribution in [0.15, 0.2) is 45.9 Å². The smallest absolute Gasteiger partial charge is 0.263 e. The second-order valence-electron chi connectivity index (χ2n) is 5.10. The molecule has 1 N–H and O–H groups in total. The molecule has 21 heavy (non-hydrogen) atoms. The molecule has 0 amide bonds. The number of fused-ring (bicyclic) bond motifs is 1. The minimum atomic E-state index is -3.60. The summed E-state index contributed by atoms with van der Waals surface area (Å²) in [6, 6.07) is 8.77. The van der Waals surface area contributed by atoms with Gasteiger partial charge in [-0.25, -0.2) is 13.4 Å². The van der Waals surface area contributed by atoms with Gasteiger partial charge in [0.1, 0.15) is 5.82 Å². The minimum absolute atomic E-state index is 0.296. The molecule has 4 nitrogen and oxygen atoms in total. The molecule has 0 bridgehead atoms. The number of sulfonamides is 1. The Morgan fingerprint density at radius 2 is 1.81 bits per heavy atom. The molecule has 1 heterocycles. The van der Waals surface area contributed by atoms with Crippen LogP contribution in [0.2, 0.25) is 0 Å². The number of halogens is 1. The molecule has 0 saturated carbocycles. The summed E-state index contributed by atoms with van der Waals surface area (Å²) < 4.78 is 28.2. The Bertz CT molecular complexity index is 775. The number of hydrogen-bond donors (Lipinski definition) is 1. The summed E-state index contributed by atoms with van der Waals surface area (Å²) in [5.74, 6) is 0.307. The molecule has 0 radical (unpaired) electrons. The van der Waals surface area contributed by atoms with Crippen LogP contribution in [0.1, 0.15) is 24.0 Å². The van der Waals surface area contributed by atoms with Crippen molar-refractivity contribution < 1.29 is 8.42 Å². The third-order valence-corrected chi connectivity index (χ3v) is 5.44. The molecular weight excluding hydrogens is 352 g/mol. The fraction of sp³-hybridized carbons (Fsp3) is 0.267. The molecule has 1 aromatic heterocycles. The summed E-state index contributed by atoms with van der Waals surface area (Å²) >= 11 is 3.30. The van der Waals surface area contributed by atoms with Crippen LogP contribution in [0.4, 0.5) is 5.82 Å². The molecule has 110 valence electrons. The van der Waals surface area contributed by atoms with Crippen molar-refractivity contribution in [3.63, 3.8) is 0 Å². The van der Waals surface area contributed by atoms with Crippen molar-refractivity contribution in [3.05, 3.63) is 52.1 Å². The summed E-state index contributed by atoms with van der Waals surface area (Å²) in [7, 11) is -3.60.